The first-order valence-corrected chi connectivity index (χ1v) is 18.8. The van der Waals surface area contributed by atoms with Crippen molar-refractivity contribution in [3.8, 4) is 68.2 Å². The molecule has 12 heteroatoms. The monoisotopic (exact) mass is 783 g/mol. The highest BCUT2D eigenvalue weighted by atomic mass is 16.2. The number of aromatic nitrogens is 8. The molecule has 0 aliphatic carbocycles. The number of nitrogens with two attached hydrogens (primary N) is 1. The molecule has 1 unspecified atom stereocenters. The van der Waals surface area contributed by atoms with Crippen molar-refractivity contribution in [3.63, 3.8) is 0 Å². The Morgan fingerprint density at radius 3 is 1.48 bits per heavy atom. The molecule has 8 aromatic rings. The van der Waals surface area contributed by atoms with Crippen molar-refractivity contribution in [1.29, 1.82) is 0 Å². The normalized spacial score (nSPS) is 10.7. The largest absolute Gasteiger partial charge is 0.384 e. The fourth-order valence-electron chi connectivity index (χ4n) is 5.99. The summed E-state index contributed by atoms with van der Waals surface area (Å²) in [4.78, 5) is 46.6. The van der Waals surface area contributed by atoms with Crippen LogP contribution in [-0.4, -0.2) is 58.9 Å². The highest BCUT2D eigenvalue weighted by molar-refractivity contribution is 5.96. The molecule has 8 rings (SSSR count). The Bertz CT molecular complexity index is 2810. The van der Waals surface area contributed by atoms with Gasteiger partial charge < -0.3 is 16.4 Å². The van der Waals surface area contributed by atoms with E-state index in [0.29, 0.717) is 23.0 Å². The lowest BCUT2D eigenvalue weighted by Gasteiger charge is -2.16. The van der Waals surface area contributed by atoms with Gasteiger partial charge in [0.05, 0.1) is 6.04 Å². The maximum atomic E-state index is 12.6. The quantitative estimate of drug-likeness (QED) is 0.141. The first-order chi connectivity index (χ1) is 29.5. The molecule has 1 atom stereocenters. The number of likely N-dealkylation sites (N-methyl/N-ethyl adjacent to an activating group) is 1. The van der Waals surface area contributed by atoms with Crippen LogP contribution in [0, 0.1) is 23.7 Å². The molecule has 0 saturated carbocycles. The number of nitrogen functional groups attached to an aromatic ring is 1. The number of hydrogen-bond acceptors (Lipinski definition) is 11. The van der Waals surface area contributed by atoms with E-state index in [9.17, 15) is 4.79 Å². The Morgan fingerprint density at radius 2 is 1.02 bits per heavy atom. The second-order valence-electron chi connectivity index (χ2n) is 13.1. The minimum atomic E-state index is -0.378. The van der Waals surface area contributed by atoms with E-state index in [1.807, 2.05) is 97.1 Å². The number of nitrogens with zero attached hydrogens (tertiary/aromatic N) is 8. The summed E-state index contributed by atoms with van der Waals surface area (Å²) in [6, 6.07) is 30.4. The minimum Gasteiger partial charge on any atom is -0.384 e. The van der Waals surface area contributed by atoms with Gasteiger partial charge in [-0.05, 0) is 109 Å². The Morgan fingerprint density at radius 1 is 0.567 bits per heavy atom. The summed E-state index contributed by atoms with van der Waals surface area (Å²) in [5.41, 5.74) is 15.8. The van der Waals surface area contributed by atoms with Crippen LogP contribution in [-0.2, 0) is 4.79 Å². The third kappa shape index (κ3) is 10.1. The number of hydrogen-bond donors (Lipinski definition) is 3. The van der Waals surface area contributed by atoms with Crippen molar-refractivity contribution in [1.82, 2.24) is 45.2 Å². The first-order valence-electron chi connectivity index (χ1n) is 18.8. The minimum absolute atomic E-state index is 0.191. The lowest BCUT2D eigenvalue weighted by atomic mass is 9.95. The van der Waals surface area contributed by atoms with Crippen molar-refractivity contribution < 1.29 is 4.79 Å². The average molecular weight is 784 g/mol. The first kappa shape index (κ1) is 39.8. The van der Waals surface area contributed by atoms with E-state index in [4.69, 9.17) is 10.7 Å². The number of nitrogens with one attached hydrogen (secondary N) is 2. The van der Waals surface area contributed by atoms with E-state index in [-0.39, 0.29) is 11.9 Å². The summed E-state index contributed by atoms with van der Waals surface area (Å²) >= 11 is 0. The standard InChI is InChI=1S/C26H22N6O.C22H15N5/c1-18(27-2)26(33)32-24-14-22(20-10-12-28-13-11-20)25(21-15-29-17-30-16-21)23(31-24)9-8-19-6-4-3-5-7-19;23-21-12-19(17-8-10-24-11-9-17)22(18-13-25-15-26-14-18)20(27-21)7-6-16-4-2-1-3-5-16/h3-7,10-18,27H,1-2H3,(H,31,32,33);1-5,8-15H,(H2,23,27). The molecule has 0 saturated heterocycles. The second kappa shape index (κ2) is 19.6. The second-order valence-corrected chi connectivity index (χ2v) is 13.1. The molecule has 0 aliphatic heterocycles. The summed E-state index contributed by atoms with van der Waals surface area (Å²) in [6.45, 7) is 1.78. The molecule has 4 N–H and O–H groups in total. The van der Waals surface area contributed by atoms with Gasteiger partial charge in [-0.3, -0.25) is 14.8 Å². The molecule has 0 spiro atoms. The van der Waals surface area contributed by atoms with Crippen molar-refractivity contribution in [2.75, 3.05) is 18.1 Å². The van der Waals surface area contributed by atoms with Crippen LogP contribution in [0.1, 0.15) is 29.4 Å². The van der Waals surface area contributed by atoms with Gasteiger partial charge in [0.15, 0.2) is 0 Å². The Kier molecular flexibility index (Phi) is 13.0. The zero-order valence-corrected chi connectivity index (χ0v) is 32.7. The zero-order valence-electron chi connectivity index (χ0n) is 32.7. The maximum Gasteiger partial charge on any atom is 0.242 e. The molecule has 290 valence electrons. The van der Waals surface area contributed by atoms with Crippen molar-refractivity contribution >= 4 is 17.5 Å². The van der Waals surface area contributed by atoms with Gasteiger partial charge in [-0.1, -0.05) is 48.2 Å². The van der Waals surface area contributed by atoms with Gasteiger partial charge in [-0.2, -0.15) is 0 Å². The van der Waals surface area contributed by atoms with Gasteiger partial charge in [-0.15, -0.1) is 0 Å². The van der Waals surface area contributed by atoms with Crippen LogP contribution in [0.3, 0.4) is 0 Å². The van der Waals surface area contributed by atoms with Crippen LogP contribution in [0.15, 0.2) is 159 Å². The predicted molar refractivity (Wildman–Crippen MR) is 233 cm³/mol. The lowest BCUT2D eigenvalue weighted by molar-refractivity contribution is -0.117. The van der Waals surface area contributed by atoms with Crippen molar-refractivity contribution in [2.45, 2.75) is 13.0 Å². The summed E-state index contributed by atoms with van der Waals surface area (Å²) in [5.74, 6) is 13.3. The number of carbonyl (C=O) groups excluding carboxylic acids is 1. The SMILES string of the molecule is CNC(C)C(=O)Nc1cc(-c2ccncc2)c(-c2cncnc2)c(C#Cc2ccccc2)n1.Nc1cc(-c2ccncc2)c(-c2cncnc2)c(C#Cc2ccccc2)n1. The number of carbonyl (C=O) groups is 1. The summed E-state index contributed by atoms with van der Waals surface area (Å²) in [5, 5.41) is 5.83. The van der Waals surface area contributed by atoms with Crippen LogP contribution in [0.2, 0.25) is 0 Å². The Hall–Kier alpha value is -8.45. The average Bonchev–Trinajstić information content (AvgIpc) is 3.31. The molecule has 6 heterocycles. The molecular formula is C48H37N11O. The van der Waals surface area contributed by atoms with Crippen LogP contribution in [0.5, 0.6) is 0 Å². The lowest BCUT2D eigenvalue weighted by Crippen LogP contribution is -2.35. The Balaban J connectivity index is 0.000000185. The summed E-state index contributed by atoms with van der Waals surface area (Å²) < 4.78 is 0. The van der Waals surface area contributed by atoms with Gasteiger partial charge in [-0.25, -0.2) is 29.9 Å². The number of amides is 1. The van der Waals surface area contributed by atoms with Gasteiger partial charge in [0.2, 0.25) is 5.91 Å². The van der Waals surface area contributed by atoms with Gasteiger partial charge >= 0.3 is 0 Å². The third-order valence-corrected chi connectivity index (χ3v) is 9.02. The van der Waals surface area contributed by atoms with Crippen molar-refractivity contribution in [2.24, 2.45) is 0 Å². The van der Waals surface area contributed by atoms with Gasteiger partial charge in [0.1, 0.15) is 35.7 Å². The zero-order chi connectivity index (χ0) is 41.5. The molecule has 0 radical (unpaired) electrons. The molecule has 2 aromatic carbocycles. The predicted octanol–water partition coefficient (Wildman–Crippen LogP) is 7.13. The molecule has 6 aromatic heterocycles. The van der Waals surface area contributed by atoms with Crippen LogP contribution >= 0.6 is 0 Å². The molecule has 0 aliphatic rings. The van der Waals surface area contributed by atoms with E-state index in [1.54, 1.807) is 63.5 Å². The number of anilines is 2. The smallest absolute Gasteiger partial charge is 0.242 e. The van der Waals surface area contributed by atoms with Gasteiger partial charge in [0.25, 0.3) is 0 Å². The number of benzene rings is 2. The van der Waals surface area contributed by atoms with E-state index >= 15 is 0 Å². The van der Waals surface area contributed by atoms with E-state index in [0.717, 1.165) is 55.6 Å². The van der Waals surface area contributed by atoms with E-state index in [1.165, 1.54) is 12.7 Å². The van der Waals surface area contributed by atoms with Crippen molar-refractivity contribution in [3.05, 3.63) is 182 Å². The molecule has 12 nitrogen and oxygen atoms in total. The topological polar surface area (TPSA) is 170 Å². The third-order valence-electron chi connectivity index (χ3n) is 9.02. The Labute approximate surface area is 347 Å². The molecular weight excluding hydrogens is 747 g/mol. The molecule has 60 heavy (non-hydrogen) atoms. The van der Waals surface area contributed by atoms with Crippen LogP contribution < -0.4 is 16.4 Å². The van der Waals surface area contributed by atoms with Crippen LogP contribution in [0.25, 0.3) is 44.5 Å². The van der Waals surface area contributed by atoms with Crippen LogP contribution in [0.4, 0.5) is 11.6 Å². The summed E-state index contributed by atoms with van der Waals surface area (Å²) in [7, 11) is 1.73. The molecule has 1 amide bonds. The maximum absolute atomic E-state index is 12.6. The fraction of sp³-hybridized carbons (Fsp3) is 0.0625. The van der Waals surface area contributed by atoms with E-state index in [2.05, 4.69) is 69.2 Å². The summed E-state index contributed by atoms with van der Waals surface area (Å²) in [6.07, 6.45) is 16.8. The fourth-order valence-corrected chi connectivity index (χ4v) is 5.99. The molecule has 0 fully saturated rings. The number of rotatable bonds is 7. The highest BCUT2D eigenvalue weighted by Crippen LogP contribution is 2.36. The van der Waals surface area contributed by atoms with E-state index < -0.39 is 0 Å². The van der Waals surface area contributed by atoms with Gasteiger partial charge in [0, 0.05) is 83.0 Å². The highest BCUT2D eigenvalue weighted by Gasteiger charge is 2.19. The molecule has 0 bridgehead atoms. The number of pyridine rings is 4.